The highest BCUT2D eigenvalue weighted by Gasteiger charge is 2.16. The molecule has 0 atom stereocenters. The van der Waals surface area contributed by atoms with Gasteiger partial charge >= 0.3 is 0 Å². The minimum Gasteiger partial charge on any atom is -0.439 e. The smallest absolute Gasteiger partial charge is 0.225 e. The molecule has 0 bridgehead atoms. The Hall–Kier alpha value is -1.94. The van der Waals surface area contributed by atoms with E-state index in [4.69, 9.17) is 4.74 Å². The topological polar surface area (TPSA) is 47.0 Å². The third-order valence-corrected chi connectivity index (χ3v) is 3.58. The number of rotatable bonds is 4. The molecule has 0 saturated carbocycles. The fourth-order valence-corrected chi connectivity index (χ4v) is 2.61. The fraction of sp³-hybridized carbons (Fsp3) is 0.375. The van der Waals surface area contributed by atoms with Gasteiger partial charge in [0.2, 0.25) is 5.88 Å². The third kappa shape index (κ3) is 2.80. The molecule has 0 aliphatic heterocycles. The maximum atomic E-state index is 5.98. The molecular formula is C16H19N3O. The Kier molecular flexibility index (Phi) is 3.92. The highest BCUT2D eigenvalue weighted by atomic mass is 16.5. The van der Waals surface area contributed by atoms with Crippen molar-refractivity contribution in [1.82, 2.24) is 15.3 Å². The van der Waals surface area contributed by atoms with Gasteiger partial charge in [-0.05, 0) is 50.4 Å². The minimum atomic E-state index is 0.719. The van der Waals surface area contributed by atoms with Gasteiger partial charge in [-0.3, -0.25) is 0 Å². The van der Waals surface area contributed by atoms with Crippen LogP contribution in [0.3, 0.4) is 0 Å². The first-order valence-corrected chi connectivity index (χ1v) is 7.11. The maximum absolute atomic E-state index is 5.98. The van der Waals surface area contributed by atoms with E-state index in [0.29, 0.717) is 0 Å². The van der Waals surface area contributed by atoms with Crippen molar-refractivity contribution in [3.63, 3.8) is 0 Å². The van der Waals surface area contributed by atoms with Crippen LogP contribution in [0, 0.1) is 0 Å². The maximum Gasteiger partial charge on any atom is 0.225 e. The normalized spacial score (nSPS) is 13.8. The van der Waals surface area contributed by atoms with Crippen LogP contribution in [0.4, 0.5) is 0 Å². The van der Waals surface area contributed by atoms with E-state index < -0.39 is 0 Å². The molecule has 1 aromatic carbocycles. The average molecular weight is 269 g/mol. The van der Waals surface area contributed by atoms with Crippen molar-refractivity contribution in [2.75, 3.05) is 7.05 Å². The van der Waals surface area contributed by atoms with Crippen LogP contribution in [0.5, 0.6) is 11.6 Å². The summed E-state index contributed by atoms with van der Waals surface area (Å²) in [5.41, 5.74) is 3.53. The first-order chi connectivity index (χ1) is 9.86. The summed E-state index contributed by atoms with van der Waals surface area (Å²) >= 11 is 0. The number of fused-ring (bicyclic) bond motifs is 1. The zero-order valence-corrected chi connectivity index (χ0v) is 11.7. The summed E-state index contributed by atoms with van der Waals surface area (Å²) < 4.78 is 5.98. The van der Waals surface area contributed by atoms with Gasteiger partial charge in [0, 0.05) is 12.1 Å². The number of nitrogens with zero attached hydrogens (tertiary/aromatic N) is 2. The first-order valence-electron chi connectivity index (χ1n) is 7.11. The van der Waals surface area contributed by atoms with Crippen molar-refractivity contribution in [2.24, 2.45) is 0 Å². The second-order valence-electron chi connectivity index (χ2n) is 5.09. The lowest BCUT2D eigenvalue weighted by molar-refractivity contribution is 0.446. The second kappa shape index (κ2) is 6.01. The molecule has 1 heterocycles. The van der Waals surface area contributed by atoms with Gasteiger partial charge in [0.15, 0.2) is 0 Å². The molecule has 0 radical (unpaired) electrons. The van der Waals surface area contributed by atoms with Crippen LogP contribution in [0.25, 0.3) is 0 Å². The summed E-state index contributed by atoms with van der Waals surface area (Å²) in [5.74, 6) is 1.56. The first kappa shape index (κ1) is 13.1. The summed E-state index contributed by atoms with van der Waals surface area (Å²) in [6, 6.07) is 8.11. The van der Waals surface area contributed by atoms with E-state index in [9.17, 15) is 0 Å². The SMILES string of the molecule is CNCc1cccc(Oc2ncnc3c2CCCC3)c1. The van der Waals surface area contributed by atoms with Crippen LogP contribution in [-0.4, -0.2) is 17.0 Å². The Labute approximate surface area is 119 Å². The van der Waals surface area contributed by atoms with Crippen molar-refractivity contribution >= 4 is 0 Å². The Morgan fingerprint density at radius 2 is 2.10 bits per heavy atom. The summed E-state index contributed by atoms with van der Waals surface area (Å²) in [6.45, 7) is 0.832. The van der Waals surface area contributed by atoms with Crippen molar-refractivity contribution in [1.29, 1.82) is 0 Å². The minimum absolute atomic E-state index is 0.719. The molecule has 1 aromatic heterocycles. The standard InChI is InChI=1S/C16H19N3O/c1-17-10-12-5-4-6-13(9-12)20-16-14-7-2-3-8-15(14)18-11-19-16/h4-6,9,11,17H,2-3,7-8,10H2,1H3. The molecule has 0 amide bonds. The molecule has 4 heteroatoms. The van der Waals surface area contributed by atoms with Gasteiger partial charge in [-0.25, -0.2) is 9.97 Å². The predicted octanol–water partition coefficient (Wildman–Crippen LogP) is 2.87. The Balaban J connectivity index is 1.86. The van der Waals surface area contributed by atoms with Crippen molar-refractivity contribution in [3.8, 4) is 11.6 Å². The molecular weight excluding hydrogens is 250 g/mol. The van der Waals surface area contributed by atoms with Crippen LogP contribution >= 0.6 is 0 Å². The molecule has 4 nitrogen and oxygen atoms in total. The Bertz CT molecular complexity index is 598. The fourth-order valence-electron chi connectivity index (χ4n) is 2.61. The lowest BCUT2D eigenvalue weighted by atomic mass is 9.97. The number of hydrogen-bond acceptors (Lipinski definition) is 4. The molecule has 0 saturated heterocycles. The number of benzene rings is 1. The van der Waals surface area contributed by atoms with Gasteiger partial charge in [0.05, 0.1) is 5.69 Å². The largest absolute Gasteiger partial charge is 0.439 e. The van der Waals surface area contributed by atoms with Gasteiger partial charge in [-0.15, -0.1) is 0 Å². The lowest BCUT2D eigenvalue weighted by Gasteiger charge is -2.17. The van der Waals surface area contributed by atoms with E-state index in [1.807, 2.05) is 25.2 Å². The molecule has 1 aliphatic carbocycles. The number of hydrogen-bond donors (Lipinski definition) is 1. The summed E-state index contributed by atoms with van der Waals surface area (Å²) in [7, 11) is 1.94. The van der Waals surface area contributed by atoms with Crippen LogP contribution < -0.4 is 10.1 Å². The molecule has 0 spiro atoms. The number of nitrogens with one attached hydrogen (secondary N) is 1. The predicted molar refractivity (Wildman–Crippen MR) is 78.0 cm³/mol. The van der Waals surface area contributed by atoms with Gasteiger partial charge < -0.3 is 10.1 Å². The van der Waals surface area contributed by atoms with E-state index >= 15 is 0 Å². The Morgan fingerprint density at radius 1 is 1.20 bits per heavy atom. The third-order valence-electron chi connectivity index (χ3n) is 3.58. The Morgan fingerprint density at radius 3 is 3.00 bits per heavy atom. The lowest BCUT2D eigenvalue weighted by Crippen LogP contribution is -2.08. The molecule has 1 N–H and O–H groups in total. The summed E-state index contributed by atoms with van der Waals surface area (Å²) in [5, 5.41) is 3.14. The van der Waals surface area contributed by atoms with Crippen molar-refractivity contribution in [3.05, 3.63) is 47.4 Å². The zero-order chi connectivity index (χ0) is 13.8. The van der Waals surface area contributed by atoms with E-state index in [1.54, 1.807) is 6.33 Å². The van der Waals surface area contributed by atoms with E-state index in [0.717, 1.165) is 36.7 Å². The average Bonchev–Trinajstić information content (AvgIpc) is 2.48. The van der Waals surface area contributed by atoms with Gasteiger partial charge in [-0.1, -0.05) is 12.1 Å². The molecule has 0 fully saturated rings. The van der Waals surface area contributed by atoms with E-state index in [2.05, 4.69) is 21.4 Å². The van der Waals surface area contributed by atoms with Crippen LogP contribution in [0.15, 0.2) is 30.6 Å². The quantitative estimate of drug-likeness (QED) is 0.927. The number of ether oxygens (including phenoxy) is 1. The van der Waals surface area contributed by atoms with E-state index in [1.165, 1.54) is 24.0 Å². The van der Waals surface area contributed by atoms with Crippen LogP contribution in [0.1, 0.15) is 29.7 Å². The van der Waals surface area contributed by atoms with E-state index in [-0.39, 0.29) is 0 Å². The summed E-state index contributed by atoms with van der Waals surface area (Å²) in [6.07, 6.45) is 6.06. The molecule has 2 aromatic rings. The highest BCUT2D eigenvalue weighted by Crippen LogP contribution is 2.29. The van der Waals surface area contributed by atoms with Crippen LogP contribution in [-0.2, 0) is 19.4 Å². The molecule has 0 unspecified atom stereocenters. The van der Waals surface area contributed by atoms with Gasteiger partial charge in [0.25, 0.3) is 0 Å². The van der Waals surface area contributed by atoms with Crippen molar-refractivity contribution < 1.29 is 4.74 Å². The highest BCUT2D eigenvalue weighted by molar-refractivity contribution is 5.37. The number of aryl methyl sites for hydroxylation is 1. The zero-order valence-electron chi connectivity index (χ0n) is 11.7. The molecule has 1 aliphatic rings. The molecule has 104 valence electrons. The monoisotopic (exact) mass is 269 g/mol. The van der Waals surface area contributed by atoms with Gasteiger partial charge in [0.1, 0.15) is 12.1 Å². The molecule has 3 rings (SSSR count). The molecule has 20 heavy (non-hydrogen) atoms. The number of aromatic nitrogens is 2. The second-order valence-corrected chi connectivity index (χ2v) is 5.09. The van der Waals surface area contributed by atoms with Crippen LogP contribution in [0.2, 0.25) is 0 Å². The van der Waals surface area contributed by atoms with Gasteiger partial charge in [-0.2, -0.15) is 0 Å². The summed E-state index contributed by atoms with van der Waals surface area (Å²) in [4.78, 5) is 8.68. The van der Waals surface area contributed by atoms with Crippen molar-refractivity contribution in [2.45, 2.75) is 32.2 Å².